The lowest BCUT2D eigenvalue weighted by atomic mass is 10.0. The Morgan fingerprint density at radius 3 is 2.07 bits per heavy atom. The summed E-state index contributed by atoms with van der Waals surface area (Å²) >= 11 is 0. The second-order valence-corrected chi connectivity index (χ2v) is 5.59. The van der Waals surface area contributed by atoms with Crippen molar-refractivity contribution in [3.63, 3.8) is 0 Å². The van der Waals surface area contributed by atoms with E-state index >= 15 is 0 Å². The van der Waals surface area contributed by atoms with Crippen molar-refractivity contribution in [3.8, 4) is 28.7 Å². The highest BCUT2D eigenvalue weighted by atomic mass is 16.6. The molecule has 0 bridgehead atoms. The van der Waals surface area contributed by atoms with Crippen LogP contribution in [0.3, 0.4) is 0 Å². The van der Waals surface area contributed by atoms with Crippen molar-refractivity contribution >= 4 is 6.29 Å². The molecule has 0 aliphatic carbocycles. The molecule has 2 atom stereocenters. The van der Waals surface area contributed by atoms with Crippen molar-refractivity contribution in [3.05, 3.63) is 41.5 Å². The van der Waals surface area contributed by atoms with Crippen molar-refractivity contribution in [2.75, 3.05) is 27.9 Å². The van der Waals surface area contributed by atoms with Gasteiger partial charge >= 0.3 is 0 Å². The number of rotatable bonds is 9. The van der Waals surface area contributed by atoms with Gasteiger partial charge in [-0.2, -0.15) is 0 Å². The number of phenolic OH excluding ortho intramolecular Hbond substituents is 1. The summed E-state index contributed by atoms with van der Waals surface area (Å²) < 4.78 is 21.3. The number of hydrogen-bond acceptors (Lipinski definition) is 8. The van der Waals surface area contributed by atoms with Crippen LogP contribution in [0.4, 0.5) is 0 Å². The van der Waals surface area contributed by atoms with Gasteiger partial charge in [0.25, 0.3) is 0 Å². The van der Waals surface area contributed by atoms with Gasteiger partial charge in [-0.3, -0.25) is 4.79 Å². The van der Waals surface area contributed by atoms with Crippen molar-refractivity contribution in [1.82, 2.24) is 0 Å². The third-order valence-corrected chi connectivity index (χ3v) is 3.97. The fourth-order valence-corrected chi connectivity index (χ4v) is 2.53. The fraction of sp³-hybridized carbons (Fsp3) is 0.316. The minimum atomic E-state index is -1.25. The molecule has 8 nitrogen and oxygen atoms in total. The van der Waals surface area contributed by atoms with Crippen molar-refractivity contribution in [2.45, 2.75) is 12.2 Å². The van der Waals surface area contributed by atoms with Crippen LogP contribution in [-0.4, -0.2) is 55.6 Å². The number of hydrogen-bond donors (Lipinski definition) is 3. The smallest absolute Gasteiger partial charge is 0.204 e. The Balaban J connectivity index is 2.37. The van der Waals surface area contributed by atoms with E-state index in [1.165, 1.54) is 51.7 Å². The zero-order valence-corrected chi connectivity index (χ0v) is 15.2. The zero-order valence-electron chi connectivity index (χ0n) is 15.2. The average molecular weight is 378 g/mol. The molecule has 0 radical (unpaired) electrons. The lowest BCUT2D eigenvalue weighted by Crippen LogP contribution is -2.29. The van der Waals surface area contributed by atoms with Crippen LogP contribution in [0, 0.1) is 0 Å². The Morgan fingerprint density at radius 1 is 1.00 bits per heavy atom. The molecule has 0 aliphatic rings. The summed E-state index contributed by atoms with van der Waals surface area (Å²) in [7, 11) is 4.17. The molecule has 146 valence electrons. The monoisotopic (exact) mass is 378 g/mol. The van der Waals surface area contributed by atoms with E-state index in [1.807, 2.05) is 0 Å². The Hall–Kier alpha value is -2.97. The van der Waals surface area contributed by atoms with Crippen LogP contribution >= 0.6 is 0 Å². The molecule has 0 unspecified atom stereocenters. The highest BCUT2D eigenvalue weighted by molar-refractivity contribution is 5.78. The molecular weight excluding hydrogens is 356 g/mol. The Morgan fingerprint density at radius 2 is 1.59 bits per heavy atom. The van der Waals surface area contributed by atoms with Gasteiger partial charge in [0.1, 0.15) is 12.4 Å². The largest absolute Gasteiger partial charge is 0.504 e. The van der Waals surface area contributed by atoms with Crippen LogP contribution < -0.4 is 18.9 Å². The number of methoxy groups -OCH3 is 3. The van der Waals surface area contributed by atoms with Gasteiger partial charge in [-0.15, -0.1) is 0 Å². The molecule has 0 fully saturated rings. The first-order valence-corrected chi connectivity index (χ1v) is 8.02. The highest BCUT2D eigenvalue weighted by Gasteiger charge is 2.26. The van der Waals surface area contributed by atoms with Crippen LogP contribution in [0.25, 0.3) is 0 Å². The fourth-order valence-electron chi connectivity index (χ4n) is 2.53. The summed E-state index contributed by atoms with van der Waals surface area (Å²) in [4.78, 5) is 11.0. The molecule has 3 N–H and O–H groups in total. The van der Waals surface area contributed by atoms with Gasteiger partial charge in [0, 0.05) is 5.56 Å². The number of ether oxygens (including phenoxy) is 4. The number of carbonyl (C=O) groups is 1. The van der Waals surface area contributed by atoms with E-state index in [9.17, 15) is 20.1 Å². The quantitative estimate of drug-likeness (QED) is 0.565. The number of benzene rings is 2. The standard InChI is InChI=1S/C19H22O8/c1-24-14-8-12(4-5-13(14)22)18(23)17(10-21)27-19-15(25-2)6-11(9-20)7-16(19)26-3/h4-9,17-18,21-23H,10H2,1-3H3/t17-,18-/m1/s1. The summed E-state index contributed by atoms with van der Waals surface area (Å²) in [6.45, 7) is -0.522. The van der Waals surface area contributed by atoms with Gasteiger partial charge in [-0.1, -0.05) is 6.07 Å². The van der Waals surface area contributed by atoms with Gasteiger partial charge in [-0.25, -0.2) is 0 Å². The van der Waals surface area contributed by atoms with Gasteiger partial charge in [0.15, 0.2) is 29.1 Å². The zero-order chi connectivity index (χ0) is 20.0. The molecule has 27 heavy (non-hydrogen) atoms. The van der Waals surface area contributed by atoms with Crippen LogP contribution in [0.5, 0.6) is 28.7 Å². The van der Waals surface area contributed by atoms with Crippen LogP contribution in [0.15, 0.2) is 30.3 Å². The van der Waals surface area contributed by atoms with Gasteiger partial charge < -0.3 is 34.3 Å². The molecule has 0 heterocycles. The predicted molar refractivity (Wildman–Crippen MR) is 96.1 cm³/mol. The second-order valence-electron chi connectivity index (χ2n) is 5.59. The Bertz CT molecular complexity index is 764. The lowest BCUT2D eigenvalue weighted by molar-refractivity contribution is -0.00175. The molecule has 0 spiro atoms. The summed E-state index contributed by atoms with van der Waals surface area (Å²) in [6, 6.07) is 7.20. The molecule has 2 aromatic rings. The van der Waals surface area contributed by atoms with E-state index in [0.717, 1.165) is 0 Å². The summed E-state index contributed by atoms with van der Waals surface area (Å²) in [6.07, 6.45) is -1.69. The van der Waals surface area contributed by atoms with Crippen molar-refractivity contribution in [2.24, 2.45) is 0 Å². The van der Waals surface area contributed by atoms with Crippen LogP contribution in [0.2, 0.25) is 0 Å². The van der Waals surface area contributed by atoms with Gasteiger partial charge in [0.2, 0.25) is 5.75 Å². The highest BCUT2D eigenvalue weighted by Crippen LogP contribution is 2.40. The average Bonchev–Trinajstić information content (AvgIpc) is 2.71. The normalized spacial score (nSPS) is 12.8. The summed E-state index contributed by atoms with van der Waals surface area (Å²) in [5.41, 5.74) is 0.687. The Kier molecular flexibility index (Phi) is 6.86. The van der Waals surface area contributed by atoms with Crippen molar-refractivity contribution in [1.29, 1.82) is 0 Å². The van der Waals surface area contributed by atoms with E-state index in [4.69, 9.17) is 18.9 Å². The van der Waals surface area contributed by atoms with Gasteiger partial charge in [0.05, 0.1) is 27.9 Å². The number of aliphatic hydroxyl groups excluding tert-OH is 2. The lowest BCUT2D eigenvalue weighted by Gasteiger charge is -2.25. The number of aliphatic hydroxyl groups is 2. The number of phenols is 1. The maximum atomic E-state index is 11.0. The van der Waals surface area contributed by atoms with E-state index in [-0.39, 0.29) is 28.7 Å². The van der Waals surface area contributed by atoms with E-state index in [2.05, 4.69) is 0 Å². The summed E-state index contributed by atoms with van der Waals surface area (Å²) in [5.74, 6) is 0.654. The molecule has 0 aromatic heterocycles. The van der Waals surface area contributed by atoms with Crippen LogP contribution in [0.1, 0.15) is 22.0 Å². The number of carbonyl (C=O) groups excluding carboxylic acids is 1. The first kappa shape index (κ1) is 20.3. The minimum Gasteiger partial charge on any atom is -0.504 e. The third kappa shape index (κ3) is 4.42. The van der Waals surface area contributed by atoms with Gasteiger partial charge in [-0.05, 0) is 29.8 Å². The molecule has 8 heteroatoms. The summed E-state index contributed by atoms with van der Waals surface area (Å²) in [5, 5.41) is 30.0. The van der Waals surface area contributed by atoms with Crippen LogP contribution in [-0.2, 0) is 0 Å². The number of aldehydes is 1. The van der Waals surface area contributed by atoms with E-state index in [0.29, 0.717) is 17.4 Å². The third-order valence-electron chi connectivity index (χ3n) is 3.97. The molecule has 2 rings (SSSR count). The molecular formula is C19H22O8. The van der Waals surface area contributed by atoms with E-state index < -0.39 is 18.8 Å². The first-order chi connectivity index (χ1) is 13.0. The topological polar surface area (TPSA) is 115 Å². The first-order valence-electron chi connectivity index (χ1n) is 8.02. The minimum absolute atomic E-state index is 0.0808. The molecule has 0 amide bonds. The molecule has 0 saturated heterocycles. The van der Waals surface area contributed by atoms with E-state index in [1.54, 1.807) is 0 Å². The molecule has 2 aromatic carbocycles. The maximum Gasteiger partial charge on any atom is 0.204 e. The SMILES string of the molecule is COc1cc([C@@H](O)[C@@H](CO)Oc2c(OC)cc(C=O)cc2OC)ccc1O. The molecule has 0 saturated carbocycles. The number of aromatic hydroxyl groups is 1. The maximum absolute atomic E-state index is 11.0. The Labute approximate surface area is 156 Å². The molecule has 0 aliphatic heterocycles. The van der Waals surface area contributed by atoms with Crippen molar-refractivity contribution < 1.29 is 39.1 Å². The second kappa shape index (κ2) is 9.11. The predicted octanol–water partition coefficient (Wildman–Crippen LogP) is 1.70.